The van der Waals surface area contributed by atoms with Crippen LogP contribution in [0.25, 0.3) is 0 Å². The molecule has 0 unspecified atom stereocenters. The van der Waals surface area contributed by atoms with E-state index in [2.05, 4.69) is 5.32 Å². The Hall–Kier alpha value is -0.220. The molecule has 2 N–H and O–H groups in total. The lowest BCUT2D eigenvalue weighted by Crippen LogP contribution is -2.23. The van der Waals surface area contributed by atoms with E-state index in [-0.39, 0.29) is 17.3 Å². The Morgan fingerprint density at radius 3 is 2.92 bits per heavy atom. The second-order valence-electron chi connectivity index (χ2n) is 3.02. The van der Waals surface area contributed by atoms with E-state index in [9.17, 15) is 9.90 Å². The number of thioether (sulfide) groups is 1. The van der Waals surface area contributed by atoms with Crippen molar-refractivity contribution in [3.05, 3.63) is 0 Å². The molecule has 70 valence electrons. The summed E-state index contributed by atoms with van der Waals surface area (Å²) in [7, 11) is 1.63. The molecule has 0 aromatic heterocycles. The van der Waals surface area contributed by atoms with E-state index in [4.69, 9.17) is 0 Å². The van der Waals surface area contributed by atoms with Crippen LogP contribution >= 0.6 is 11.8 Å². The summed E-state index contributed by atoms with van der Waals surface area (Å²) < 4.78 is 0. The third kappa shape index (κ3) is 2.68. The van der Waals surface area contributed by atoms with E-state index in [0.29, 0.717) is 5.75 Å². The van der Waals surface area contributed by atoms with Crippen LogP contribution in [0.1, 0.15) is 19.3 Å². The predicted octanol–water partition coefficient (Wildman–Crippen LogP) is 0.379. The van der Waals surface area contributed by atoms with Gasteiger partial charge in [-0.2, -0.15) is 0 Å². The van der Waals surface area contributed by atoms with E-state index < -0.39 is 0 Å². The van der Waals surface area contributed by atoms with Gasteiger partial charge in [0.15, 0.2) is 0 Å². The van der Waals surface area contributed by atoms with Crippen molar-refractivity contribution < 1.29 is 9.90 Å². The third-order valence-electron chi connectivity index (χ3n) is 2.13. The minimum absolute atomic E-state index is 0.0408. The van der Waals surface area contributed by atoms with E-state index in [1.807, 2.05) is 0 Å². The van der Waals surface area contributed by atoms with Crippen LogP contribution in [0.5, 0.6) is 0 Å². The molecule has 1 rings (SSSR count). The first-order chi connectivity index (χ1) is 5.74. The lowest BCUT2D eigenvalue weighted by Gasteiger charge is -2.12. The summed E-state index contributed by atoms with van der Waals surface area (Å²) in [5.74, 6) is 0.511. The molecule has 4 heteroatoms. The molecule has 1 aliphatic carbocycles. The number of aliphatic hydroxyl groups is 1. The van der Waals surface area contributed by atoms with Crippen LogP contribution in [0.3, 0.4) is 0 Å². The first-order valence-electron chi connectivity index (χ1n) is 4.24. The largest absolute Gasteiger partial charge is 0.392 e. The number of hydrogen-bond acceptors (Lipinski definition) is 3. The standard InChI is InChI=1S/C8H15NO2S/c1-9-8(11)5-12-7-4-2-3-6(7)10/h6-7,10H,2-5H2,1H3,(H,9,11)/t6-,7-/m1/s1. The van der Waals surface area contributed by atoms with Crippen LogP contribution < -0.4 is 5.32 Å². The molecule has 3 nitrogen and oxygen atoms in total. The van der Waals surface area contributed by atoms with Crippen LogP contribution in [0.2, 0.25) is 0 Å². The molecule has 1 fully saturated rings. The van der Waals surface area contributed by atoms with Crippen molar-refractivity contribution in [1.29, 1.82) is 0 Å². The second kappa shape index (κ2) is 4.72. The second-order valence-corrected chi connectivity index (χ2v) is 4.25. The number of rotatable bonds is 3. The lowest BCUT2D eigenvalue weighted by atomic mass is 10.3. The predicted molar refractivity (Wildman–Crippen MR) is 50.2 cm³/mol. The van der Waals surface area contributed by atoms with Gasteiger partial charge in [-0.3, -0.25) is 4.79 Å². The van der Waals surface area contributed by atoms with Crippen molar-refractivity contribution >= 4 is 17.7 Å². The number of carbonyl (C=O) groups excluding carboxylic acids is 1. The van der Waals surface area contributed by atoms with Crippen molar-refractivity contribution in [2.45, 2.75) is 30.6 Å². The normalized spacial score (nSPS) is 28.8. The van der Waals surface area contributed by atoms with Crippen molar-refractivity contribution in [1.82, 2.24) is 5.32 Å². The fraction of sp³-hybridized carbons (Fsp3) is 0.875. The molecule has 0 heterocycles. The monoisotopic (exact) mass is 189 g/mol. The number of nitrogens with one attached hydrogen (secondary N) is 1. The highest BCUT2D eigenvalue weighted by molar-refractivity contribution is 8.00. The van der Waals surface area contributed by atoms with Crippen molar-refractivity contribution in [2.75, 3.05) is 12.8 Å². The van der Waals surface area contributed by atoms with Crippen molar-refractivity contribution in [3.63, 3.8) is 0 Å². The molecule has 0 aromatic rings. The van der Waals surface area contributed by atoms with Gasteiger partial charge in [-0.05, 0) is 19.3 Å². The van der Waals surface area contributed by atoms with E-state index in [0.717, 1.165) is 19.3 Å². The zero-order valence-corrected chi connectivity index (χ0v) is 8.06. The molecule has 1 saturated carbocycles. The summed E-state index contributed by atoms with van der Waals surface area (Å²) in [5.41, 5.74) is 0. The van der Waals surface area contributed by atoms with E-state index in [1.54, 1.807) is 18.8 Å². The fourth-order valence-electron chi connectivity index (χ4n) is 1.36. The van der Waals surface area contributed by atoms with Gasteiger partial charge >= 0.3 is 0 Å². The van der Waals surface area contributed by atoms with Gasteiger partial charge in [-0.25, -0.2) is 0 Å². The van der Waals surface area contributed by atoms with Gasteiger partial charge < -0.3 is 10.4 Å². The first-order valence-corrected chi connectivity index (χ1v) is 5.29. The minimum atomic E-state index is -0.195. The average molecular weight is 189 g/mol. The molecule has 2 atom stereocenters. The Morgan fingerprint density at radius 2 is 2.42 bits per heavy atom. The summed E-state index contributed by atoms with van der Waals surface area (Å²) >= 11 is 1.56. The Morgan fingerprint density at radius 1 is 1.67 bits per heavy atom. The number of carbonyl (C=O) groups is 1. The van der Waals surface area contributed by atoms with Crippen molar-refractivity contribution in [2.24, 2.45) is 0 Å². The average Bonchev–Trinajstić information content (AvgIpc) is 2.47. The maximum Gasteiger partial charge on any atom is 0.229 e. The molecule has 0 bridgehead atoms. The molecule has 1 amide bonds. The summed E-state index contributed by atoms with van der Waals surface area (Å²) in [6.07, 6.45) is 2.83. The number of hydrogen-bond donors (Lipinski definition) is 2. The zero-order chi connectivity index (χ0) is 8.97. The molecule has 1 aliphatic rings. The van der Waals surface area contributed by atoms with Gasteiger partial charge in [0.05, 0.1) is 11.9 Å². The summed E-state index contributed by atoms with van der Waals surface area (Å²) in [6, 6.07) is 0. The highest BCUT2D eigenvalue weighted by Crippen LogP contribution is 2.29. The summed E-state index contributed by atoms with van der Waals surface area (Å²) in [4.78, 5) is 10.9. The van der Waals surface area contributed by atoms with Crippen LogP contribution in [0.4, 0.5) is 0 Å². The molecule has 0 saturated heterocycles. The van der Waals surface area contributed by atoms with Crippen LogP contribution in [0.15, 0.2) is 0 Å². The Kier molecular flexibility index (Phi) is 3.88. The molecule has 0 spiro atoms. The van der Waals surface area contributed by atoms with Gasteiger partial charge in [-0.15, -0.1) is 11.8 Å². The molecule has 0 aliphatic heterocycles. The topological polar surface area (TPSA) is 49.3 Å². The molecular weight excluding hydrogens is 174 g/mol. The van der Waals surface area contributed by atoms with E-state index in [1.165, 1.54) is 0 Å². The fourth-order valence-corrected chi connectivity index (χ4v) is 2.56. The summed E-state index contributed by atoms with van der Waals surface area (Å²) in [5, 5.41) is 12.3. The van der Waals surface area contributed by atoms with Crippen LogP contribution in [-0.4, -0.2) is 35.2 Å². The van der Waals surface area contributed by atoms with Crippen molar-refractivity contribution in [3.8, 4) is 0 Å². The molecule has 0 aromatic carbocycles. The number of aliphatic hydroxyl groups excluding tert-OH is 1. The van der Waals surface area contributed by atoms with Gasteiger partial charge in [-0.1, -0.05) is 0 Å². The van der Waals surface area contributed by atoms with Gasteiger partial charge in [0.2, 0.25) is 5.91 Å². The Labute approximate surface area is 76.9 Å². The minimum Gasteiger partial charge on any atom is -0.392 e. The number of amides is 1. The SMILES string of the molecule is CNC(=O)CS[C@@H]1CCC[C@H]1O. The highest BCUT2D eigenvalue weighted by atomic mass is 32.2. The Bertz CT molecular complexity index is 163. The lowest BCUT2D eigenvalue weighted by molar-refractivity contribution is -0.118. The Balaban J connectivity index is 2.18. The molecular formula is C8H15NO2S. The van der Waals surface area contributed by atoms with Gasteiger partial charge in [0.25, 0.3) is 0 Å². The maximum absolute atomic E-state index is 10.9. The summed E-state index contributed by atoms with van der Waals surface area (Å²) in [6.45, 7) is 0. The van der Waals surface area contributed by atoms with Gasteiger partial charge in [0, 0.05) is 12.3 Å². The van der Waals surface area contributed by atoms with Crippen LogP contribution in [-0.2, 0) is 4.79 Å². The quantitative estimate of drug-likeness (QED) is 0.675. The maximum atomic E-state index is 10.9. The highest BCUT2D eigenvalue weighted by Gasteiger charge is 2.25. The van der Waals surface area contributed by atoms with Gasteiger partial charge in [0.1, 0.15) is 0 Å². The molecule has 0 radical (unpaired) electrons. The first kappa shape index (κ1) is 9.86. The van der Waals surface area contributed by atoms with E-state index >= 15 is 0 Å². The third-order valence-corrected chi connectivity index (χ3v) is 3.53. The molecule has 12 heavy (non-hydrogen) atoms. The zero-order valence-electron chi connectivity index (χ0n) is 7.25. The van der Waals surface area contributed by atoms with Crippen LogP contribution in [0, 0.1) is 0 Å². The smallest absolute Gasteiger partial charge is 0.229 e.